The van der Waals surface area contributed by atoms with E-state index < -0.39 is 0 Å². The first-order valence-corrected chi connectivity index (χ1v) is 10.8. The summed E-state index contributed by atoms with van der Waals surface area (Å²) in [7, 11) is 1.57. The van der Waals surface area contributed by atoms with Crippen LogP contribution in [0.1, 0.15) is 15.2 Å². The van der Waals surface area contributed by atoms with E-state index in [2.05, 4.69) is 27.6 Å². The molecule has 0 unspecified atom stereocenters. The Morgan fingerprint density at radius 1 is 1.21 bits per heavy atom. The van der Waals surface area contributed by atoms with Crippen molar-refractivity contribution < 1.29 is 9.53 Å². The summed E-state index contributed by atoms with van der Waals surface area (Å²) < 4.78 is 7.61. The van der Waals surface area contributed by atoms with Crippen molar-refractivity contribution in [3.63, 3.8) is 0 Å². The van der Waals surface area contributed by atoms with Crippen LogP contribution in [0.3, 0.4) is 0 Å². The molecule has 0 aliphatic carbocycles. The molecule has 146 valence electrons. The molecule has 0 saturated carbocycles. The highest BCUT2D eigenvalue weighted by molar-refractivity contribution is 14.1. The number of aromatic nitrogens is 2. The fraction of sp³-hybridized carbons (Fsp3) is 0.136. The van der Waals surface area contributed by atoms with Crippen LogP contribution >= 0.6 is 33.9 Å². The van der Waals surface area contributed by atoms with Gasteiger partial charge in [-0.15, -0.1) is 11.3 Å². The largest absolute Gasteiger partial charge is 0.497 e. The van der Waals surface area contributed by atoms with Crippen LogP contribution < -0.4 is 10.3 Å². The average Bonchev–Trinajstić information content (AvgIpc) is 3.07. The molecule has 0 spiro atoms. The number of hydrogen-bond acceptors (Lipinski definition) is 5. The lowest BCUT2D eigenvalue weighted by molar-refractivity contribution is 0.0970. The summed E-state index contributed by atoms with van der Waals surface area (Å²) in [6.07, 6.45) is 1.46. The lowest BCUT2D eigenvalue weighted by Crippen LogP contribution is -2.24. The van der Waals surface area contributed by atoms with E-state index in [9.17, 15) is 9.59 Å². The van der Waals surface area contributed by atoms with E-state index in [-0.39, 0.29) is 17.9 Å². The van der Waals surface area contributed by atoms with E-state index in [1.54, 1.807) is 31.4 Å². The second kappa shape index (κ2) is 8.08. The molecule has 4 rings (SSSR count). The Labute approximate surface area is 185 Å². The highest BCUT2D eigenvalue weighted by Crippen LogP contribution is 2.35. The van der Waals surface area contributed by atoms with E-state index >= 15 is 0 Å². The maximum Gasteiger partial charge on any atom is 0.263 e. The molecule has 0 bridgehead atoms. The zero-order valence-electron chi connectivity index (χ0n) is 15.8. The number of ketones is 1. The van der Waals surface area contributed by atoms with Gasteiger partial charge < -0.3 is 4.74 Å². The maximum atomic E-state index is 13.2. The smallest absolute Gasteiger partial charge is 0.263 e. The van der Waals surface area contributed by atoms with Crippen LogP contribution in [-0.2, 0) is 6.54 Å². The number of nitrogens with zero attached hydrogens (tertiary/aromatic N) is 2. The molecule has 5 nitrogen and oxygen atoms in total. The quantitative estimate of drug-likeness (QED) is 0.279. The Balaban J connectivity index is 1.76. The molecule has 0 atom stereocenters. The molecule has 7 heteroatoms. The van der Waals surface area contributed by atoms with Gasteiger partial charge in [-0.05, 0) is 71.5 Å². The van der Waals surface area contributed by atoms with Gasteiger partial charge in [0.2, 0.25) is 0 Å². The van der Waals surface area contributed by atoms with Crippen molar-refractivity contribution in [3.05, 3.63) is 79.2 Å². The van der Waals surface area contributed by atoms with Gasteiger partial charge in [0.15, 0.2) is 5.78 Å². The molecule has 0 N–H and O–H groups in total. The van der Waals surface area contributed by atoms with Gasteiger partial charge in [0.05, 0.1) is 25.4 Å². The molecule has 0 saturated heterocycles. The monoisotopic (exact) mass is 516 g/mol. The number of rotatable bonds is 5. The standard InChI is InChI=1S/C22H17IN2O3S/c1-13-19(15-4-3-5-16(23)10-15)20-21(29-13)24-12-25(22(20)27)11-18(26)14-6-8-17(28-2)9-7-14/h3-10,12H,11H2,1-2H3. The van der Waals surface area contributed by atoms with Crippen molar-refractivity contribution in [2.45, 2.75) is 13.5 Å². The van der Waals surface area contributed by atoms with Crippen LogP contribution in [0.2, 0.25) is 0 Å². The van der Waals surface area contributed by atoms with Gasteiger partial charge in [-0.2, -0.15) is 0 Å². The minimum atomic E-state index is -0.199. The lowest BCUT2D eigenvalue weighted by atomic mass is 10.0. The minimum Gasteiger partial charge on any atom is -0.497 e. The highest BCUT2D eigenvalue weighted by atomic mass is 127. The predicted molar refractivity (Wildman–Crippen MR) is 124 cm³/mol. The molecule has 0 aliphatic rings. The van der Waals surface area contributed by atoms with Crippen LogP contribution in [0.4, 0.5) is 0 Å². The van der Waals surface area contributed by atoms with Crippen molar-refractivity contribution in [1.82, 2.24) is 9.55 Å². The van der Waals surface area contributed by atoms with Gasteiger partial charge in [-0.3, -0.25) is 14.2 Å². The molecule has 2 aromatic carbocycles. The lowest BCUT2D eigenvalue weighted by Gasteiger charge is -2.07. The van der Waals surface area contributed by atoms with E-state index in [0.717, 1.165) is 19.6 Å². The molecule has 4 aromatic rings. The minimum absolute atomic E-state index is 0.0608. The third kappa shape index (κ3) is 3.84. The average molecular weight is 516 g/mol. The SMILES string of the molecule is COc1ccc(C(=O)Cn2cnc3sc(C)c(-c4cccc(I)c4)c3c2=O)cc1. The number of thiophene rings is 1. The normalized spacial score (nSPS) is 11.0. The number of Topliss-reactive ketones (excluding diaryl/α,β-unsaturated/α-hetero) is 1. The van der Waals surface area contributed by atoms with E-state index in [4.69, 9.17) is 4.74 Å². The van der Waals surface area contributed by atoms with Crippen molar-refractivity contribution in [2.75, 3.05) is 7.11 Å². The maximum absolute atomic E-state index is 13.2. The number of aryl methyl sites for hydroxylation is 1. The second-order valence-corrected chi connectivity index (χ2v) is 9.00. The van der Waals surface area contributed by atoms with Gasteiger partial charge in [0, 0.05) is 19.6 Å². The molecule has 2 aromatic heterocycles. The molecular weight excluding hydrogens is 499 g/mol. The van der Waals surface area contributed by atoms with E-state index in [0.29, 0.717) is 21.5 Å². The number of methoxy groups -OCH3 is 1. The van der Waals surface area contributed by atoms with Crippen LogP contribution in [0.25, 0.3) is 21.3 Å². The number of carbonyl (C=O) groups is 1. The molecular formula is C22H17IN2O3S. The predicted octanol–water partition coefficient (Wildman–Crippen LogP) is 4.93. The summed E-state index contributed by atoms with van der Waals surface area (Å²) in [6.45, 7) is 1.93. The van der Waals surface area contributed by atoms with Gasteiger partial charge >= 0.3 is 0 Å². The van der Waals surface area contributed by atoms with Crippen LogP contribution in [0, 0.1) is 10.5 Å². The molecule has 0 fully saturated rings. The number of benzene rings is 2. The second-order valence-electron chi connectivity index (χ2n) is 6.55. The van der Waals surface area contributed by atoms with Crippen molar-refractivity contribution in [2.24, 2.45) is 0 Å². The Morgan fingerprint density at radius 2 is 1.97 bits per heavy atom. The Bertz CT molecular complexity index is 1280. The van der Waals surface area contributed by atoms with Crippen LogP contribution in [0.5, 0.6) is 5.75 Å². The van der Waals surface area contributed by atoms with E-state index in [1.807, 2.05) is 31.2 Å². The fourth-order valence-electron chi connectivity index (χ4n) is 3.26. The van der Waals surface area contributed by atoms with Crippen molar-refractivity contribution >= 4 is 49.9 Å². The highest BCUT2D eigenvalue weighted by Gasteiger charge is 2.18. The van der Waals surface area contributed by atoms with Crippen LogP contribution in [-0.4, -0.2) is 22.4 Å². The first-order valence-electron chi connectivity index (χ1n) is 8.89. The van der Waals surface area contributed by atoms with Gasteiger partial charge in [0.1, 0.15) is 10.6 Å². The number of halogens is 1. The van der Waals surface area contributed by atoms with Crippen LogP contribution in [0.15, 0.2) is 59.7 Å². The number of fused-ring (bicyclic) bond motifs is 1. The Hall–Kier alpha value is -2.52. The summed E-state index contributed by atoms with van der Waals surface area (Å²) in [4.78, 5) is 32.1. The summed E-state index contributed by atoms with van der Waals surface area (Å²) in [5, 5.41) is 0.569. The summed E-state index contributed by atoms with van der Waals surface area (Å²) in [6, 6.07) is 14.9. The van der Waals surface area contributed by atoms with Gasteiger partial charge in [-0.1, -0.05) is 12.1 Å². The number of carbonyl (C=O) groups excluding carboxylic acids is 1. The fourth-order valence-corrected chi connectivity index (χ4v) is 4.81. The third-order valence-corrected chi connectivity index (χ3v) is 6.38. The molecule has 29 heavy (non-hydrogen) atoms. The molecule has 0 radical (unpaired) electrons. The summed E-state index contributed by atoms with van der Waals surface area (Å²) >= 11 is 3.76. The third-order valence-electron chi connectivity index (χ3n) is 4.69. The van der Waals surface area contributed by atoms with Crippen molar-refractivity contribution in [3.8, 4) is 16.9 Å². The Kier molecular flexibility index (Phi) is 5.51. The van der Waals surface area contributed by atoms with E-state index in [1.165, 1.54) is 22.2 Å². The van der Waals surface area contributed by atoms with Gasteiger partial charge in [-0.25, -0.2) is 4.98 Å². The number of ether oxygens (including phenoxy) is 1. The first kappa shape index (κ1) is 19.8. The number of hydrogen-bond donors (Lipinski definition) is 0. The topological polar surface area (TPSA) is 61.2 Å². The zero-order valence-corrected chi connectivity index (χ0v) is 18.8. The summed E-state index contributed by atoms with van der Waals surface area (Å²) in [5.41, 5.74) is 2.21. The van der Waals surface area contributed by atoms with Gasteiger partial charge in [0.25, 0.3) is 5.56 Å². The molecule has 0 amide bonds. The molecule has 0 aliphatic heterocycles. The molecule has 2 heterocycles. The summed E-state index contributed by atoms with van der Waals surface area (Å²) in [5.74, 6) is 0.524. The van der Waals surface area contributed by atoms with Crippen molar-refractivity contribution in [1.29, 1.82) is 0 Å². The first-order chi connectivity index (χ1) is 14.0. The Morgan fingerprint density at radius 3 is 2.66 bits per heavy atom. The zero-order chi connectivity index (χ0) is 20.5.